The standard InChI is InChI=1S/C8H16N2O4S/c1-3-10(7-4-9-5-7)15(13,14)6(2)8(11)12/h6-7,9H,3-5H2,1-2H3,(H,11,12). The molecule has 1 rings (SSSR count). The van der Waals surface area contributed by atoms with Gasteiger partial charge in [-0.1, -0.05) is 6.92 Å². The van der Waals surface area contributed by atoms with Crippen LogP contribution in [0.3, 0.4) is 0 Å². The van der Waals surface area contributed by atoms with Crippen molar-refractivity contribution in [3.8, 4) is 0 Å². The van der Waals surface area contributed by atoms with Crippen molar-refractivity contribution in [2.75, 3.05) is 19.6 Å². The summed E-state index contributed by atoms with van der Waals surface area (Å²) in [4.78, 5) is 10.7. The molecule has 15 heavy (non-hydrogen) atoms. The van der Waals surface area contributed by atoms with Crippen LogP contribution in [0.15, 0.2) is 0 Å². The molecule has 0 radical (unpaired) electrons. The predicted molar refractivity (Wildman–Crippen MR) is 55.1 cm³/mol. The number of nitrogens with zero attached hydrogens (tertiary/aromatic N) is 1. The minimum Gasteiger partial charge on any atom is -0.480 e. The maximum atomic E-state index is 11.9. The van der Waals surface area contributed by atoms with Crippen LogP contribution in [0.25, 0.3) is 0 Å². The molecule has 6 nitrogen and oxygen atoms in total. The van der Waals surface area contributed by atoms with Gasteiger partial charge < -0.3 is 10.4 Å². The number of carboxylic acid groups (broad SMARTS) is 1. The second-order valence-corrected chi connectivity index (χ2v) is 5.75. The zero-order chi connectivity index (χ0) is 11.6. The number of carbonyl (C=O) groups is 1. The molecule has 1 atom stereocenters. The van der Waals surface area contributed by atoms with Crippen molar-refractivity contribution >= 4 is 16.0 Å². The number of hydrogen-bond donors (Lipinski definition) is 2. The quantitative estimate of drug-likeness (QED) is 0.645. The average Bonchev–Trinajstić information content (AvgIpc) is 2.08. The first-order valence-electron chi connectivity index (χ1n) is 4.85. The summed E-state index contributed by atoms with van der Waals surface area (Å²) in [6.07, 6.45) is 0. The van der Waals surface area contributed by atoms with Crippen LogP contribution >= 0.6 is 0 Å². The second-order valence-electron chi connectivity index (χ2n) is 3.54. The summed E-state index contributed by atoms with van der Waals surface area (Å²) in [5.41, 5.74) is 0. The first-order valence-corrected chi connectivity index (χ1v) is 6.35. The maximum absolute atomic E-state index is 11.9. The molecule has 1 saturated heterocycles. The maximum Gasteiger partial charge on any atom is 0.323 e. The molecule has 0 spiro atoms. The van der Waals surface area contributed by atoms with Crippen molar-refractivity contribution in [2.45, 2.75) is 25.1 Å². The molecule has 7 heteroatoms. The van der Waals surface area contributed by atoms with Crippen molar-refractivity contribution in [1.29, 1.82) is 0 Å². The third kappa shape index (κ3) is 2.30. The highest BCUT2D eigenvalue weighted by atomic mass is 32.2. The lowest BCUT2D eigenvalue weighted by molar-refractivity contribution is -0.136. The summed E-state index contributed by atoms with van der Waals surface area (Å²) in [5, 5.41) is 10.3. The van der Waals surface area contributed by atoms with Crippen LogP contribution in [0.1, 0.15) is 13.8 Å². The van der Waals surface area contributed by atoms with Gasteiger partial charge in [0.05, 0.1) is 0 Å². The zero-order valence-corrected chi connectivity index (χ0v) is 9.62. The number of nitrogens with one attached hydrogen (secondary N) is 1. The third-order valence-electron chi connectivity index (χ3n) is 2.60. The van der Waals surface area contributed by atoms with Gasteiger partial charge in [0.2, 0.25) is 10.0 Å². The van der Waals surface area contributed by atoms with Crippen LogP contribution in [0.4, 0.5) is 0 Å². The Balaban J connectivity index is 2.86. The Labute approximate surface area is 89.3 Å². The fraction of sp³-hybridized carbons (Fsp3) is 0.875. The summed E-state index contributed by atoms with van der Waals surface area (Å²) < 4.78 is 25.0. The van der Waals surface area contributed by atoms with Gasteiger partial charge >= 0.3 is 5.97 Å². The smallest absolute Gasteiger partial charge is 0.323 e. The number of rotatable bonds is 5. The molecule has 1 heterocycles. The number of sulfonamides is 1. The highest BCUT2D eigenvalue weighted by molar-refractivity contribution is 7.90. The normalized spacial score (nSPS) is 19.9. The summed E-state index contributed by atoms with van der Waals surface area (Å²) >= 11 is 0. The van der Waals surface area contributed by atoms with E-state index in [0.29, 0.717) is 19.6 Å². The molecule has 0 aromatic carbocycles. The van der Waals surface area contributed by atoms with Crippen LogP contribution in [0.5, 0.6) is 0 Å². The molecule has 2 N–H and O–H groups in total. The molecule has 1 aliphatic heterocycles. The highest BCUT2D eigenvalue weighted by Crippen LogP contribution is 2.15. The minimum absolute atomic E-state index is 0.0956. The van der Waals surface area contributed by atoms with Crippen molar-refractivity contribution in [1.82, 2.24) is 9.62 Å². The van der Waals surface area contributed by atoms with E-state index in [0.717, 1.165) is 0 Å². The first kappa shape index (κ1) is 12.4. The molecular formula is C8H16N2O4S. The molecule has 0 saturated carbocycles. The van der Waals surface area contributed by atoms with Gasteiger partial charge in [0, 0.05) is 25.7 Å². The number of aliphatic carboxylic acids is 1. The van der Waals surface area contributed by atoms with Crippen LogP contribution in [0, 0.1) is 0 Å². The van der Waals surface area contributed by atoms with Gasteiger partial charge in [0.1, 0.15) is 0 Å². The van der Waals surface area contributed by atoms with E-state index in [4.69, 9.17) is 5.11 Å². The van der Waals surface area contributed by atoms with E-state index in [-0.39, 0.29) is 6.04 Å². The van der Waals surface area contributed by atoms with Crippen LogP contribution < -0.4 is 5.32 Å². The molecule has 0 amide bonds. The molecule has 0 bridgehead atoms. The van der Waals surface area contributed by atoms with Gasteiger partial charge in [-0.25, -0.2) is 8.42 Å². The summed E-state index contributed by atoms with van der Waals surface area (Å²) in [7, 11) is -3.72. The number of hydrogen-bond acceptors (Lipinski definition) is 4. The van der Waals surface area contributed by atoms with E-state index in [1.165, 1.54) is 11.2 Å². The number of likely N-dealkylation sites (N-methyl/N-ethyl adjacent to an activating group) is 1. The molecule has 1 unspecified atom stereocenters. The minimum atomic E-state index is -3.72. The lowest BCUT2D eigenvalue weighted by atomic mass is 10.2. The van der Waals surface area contributed by atoms with Crippen molar-refractivity contribution in [2.24, 2.45) is 0 Å². The van der Waals surface area contributed by atoms with Gasteiger partial charge in [-0.05, 0) is 6.92 Å². The monoisotopic (exact) mass is 236 g/mol. The van der Waals surface area contributed by atoms with Crippen LogP contribution in [0.2, 0.25) is 0 Å². The Morgan fingerprint density at radius 1 is 1.60 bits per heavy atom. The molecule has 0 aromatic heterocycles. The summed E-state index contributed by atoms with van der Waals surface area (Å²) in [6.45, 7) is 4.42. The molecule has 0 aromatic rings. The van der Waals surface area contributed by atoms with E-state index in [2.05, 4.69) is 5.32 Å². The molecular weight excluding hydrogens is 220 g/mol. The highest BCUT2D eigenvalue weighted by Gasteiger charge is 2.38. The van der Waals surface area contributed by atoms with Gasteiger partial charge in [-0.3, -0.25) is 4.79 Å². The predicted octanol–water partition coefficient (Wildman–Crippen LogP) is -0.917. The van der Waals surface area contributed by atoms with Crippen molar-refractivity contribution in [3.05, 3.63) is 0 Å². The summed E-state index contributed by atoms with van der Waals surface area (Å²) in [5.74, 6) is -1.30. The van der Waals surface area contributed by atoms with Crippen LogP contribution in [-0.2, 0) is 14.8 Å². The van der Waals surface area contributed by atoms with Gasteiger partial charge in [-0.15, -0.1) is 0 Å². The van der Waals surface area contributed by atoms with Gasteiger partial charge in [0.15, 0.2) is 5.25 Å². The van der Waals surface area contributed by atoms with E-state index >= 15 is 0 Å². The Hall–Kier alpha value is -0.660. The fourth-order valence-corrected chi connectivity index (χ4v) is 3.04. The van der Waals surface area contributed by atoms with E-state index in [1.54, 1.807) is 6.92 Å². The molecule has 88 valence electrons. The first-order chi connectivity index (χ1) is 6.91. The Morgan fingerprint density at radius 3 is 2.40 bits per heavy atom. The van der Waals surface area contributed by atoms with Gasteiger partial charge in [-0.2, -0.15) is 4.31 Å². The van der Waals surface area contributed by atoms with E-state index in [9.17, 15) is 13.2 Å². The van der Waals surface area contributed by atoms with E-state index < -0.39 is 21.2 Å². The molecule has 0 aliphatic carbocycles. The number of carboxylic acids is 1. The zero-order valence-electron chi connectivity index (χ0n) is 8.80. The van der Waals surface area contributed by atoms with Gasteiger partial charge in [0.25, 0.3) is 0 Å². The third-order valence-corrected chi connectivity index (χ3v) is 4.91. The van der Waals surface area contributed by atoms with Crippen LogP contribution in [-0.4, -0.2) is 54.7 Å². The topological polar surface area (TPSA) is 86.7 Å². The second kappa shape index (κ2) is 4.46. The fourth-order valence-electron chi connectivity index (χ4n) is 1.45. The molecule has 1 fully saturated rings. The SMILES string of the molecule is CCN(C1CNC1)S(=O)(=O)C(C)C(=O)O. The lowest BCUT2D eigenvalue weighted by Gasteiger charge is -2.37. The van der Waals surface area contributed by atoms with E-state index in [1.807, 2.05) is 0 Å². The average molecular weight is 236 g/mol. The Morgan fingerprint density at radius 2 is 2.13 bits per heavy atom. The Kier molecular flexibility index (Phi) is 3.69. The van der Waals surface area contributed by atoms with Crippen molar-refractivity contribution in [3.63, 3.8) is 0 Å². The Bertz CT molecular complexity index is 337. The lowest BCUT2D eigenvalue weighted by Crippen LogP contribution is -2.60. The molecule has 1 aliphatic rings. The summed E-state index contributed by atoms with van der Waals surface area (Å²) in [6, 6.07) is -0.0956. The largest absolute Gasteiger partial charge is 0.480 e. The van der Waals surface area contributed by atoms with Crippen molar-refractivity contribution < 1.29 is 18.3 Å².